The van der Waals surface area contributed by atoms with Gasteiger partial charge in [-0.1, -0.05) is 17.7 Å². The van der Waals surface area contributed by atoms with Crippen LogP contribution < -0.4 is 16.4 Å². The molecule has 0 saturated heterocycles. The number of hydrogen-bond donors (Lipinski definition) is 4. The zero-order valence-corrected chi connectivity index (χ0v) is 17.9. The Hall–Kier alpha value is -3.56. The summed E-state index contributed by atoms with van der Waals surface area (Å²) in [5.74, 6) is -2.93. The number of nitrogens with two attached hydrogens (primary N) is 1. The molecule has 1 fully saturated rings. The molecular weight excluding hydrogens is 454 g/mol. The van der Waals surface area contributed by atoms with Gasteiger partial charge in [-0.2, -0.15) is 0 Å². The van der Waals surface area contributed by atoms with Gasteiger partial charge in [0.15, 0.2) is 6.10 Å². The second-order valence-corrected chi connectivity index (χ2v) is 8.10. The van der Waals surface area contributed by atoms with Crippen molar-refractivity contribution in [2.24, 2.45) is 0 Å². The number of nitrogen functional groups attached to an aromatic ring is 1. The summed E-state index contributed by atoms with van der Waals surface area (Å²) in [5.41, 5.74) is 7.20. The molecule has 1 unspecified atom stereocenters. The number of amides is 2. The van der Waals surface area contributed by atoms with Crippen molar-refractivity contribution in [3.05, 3.63) is 76.4 Å². The predicted octanol–water partition coefficient (Wildman–Crippen LogP) is 3.83. The summed E-state index contributed by atoms with van der Waals surface area (Å²) in [7, 11) is 0. The Bertz CT molecular complexity index is 1230. The molecule has 33 heavy (non-hydrogen) atoms. The molecule has 2 amide bonds. The minimum Gasteiger partial charge on any atom is -0.383 e. The first-order valence-electron chi connectivity index (χ1n) is 10.0. The average molecular weight is 473 g/mol. The number of nitrogens with one attached hydrogen (secondary N) is 2. The van der Waals surface area contributed by atoms with Crippen molar-refractivity contribution < 1.29 is 23.5 Å². The predicted molar refractivity (Wildman–Crippen MR) is 120 cm³/mol. The number of carbonyl (C=O) groups excluding carboxylic acids is 2. The van der Waals surface area contributed by atoms with Gasteiger partial charge >= 0.3 is 0 Å². The molecule has 1 aromatic heterocycles. The van der Waals surface area contributed by atoms with E-state index in [1.807, 2.05) is 0 Å². The van der Waals surface area contributed by atoms with Gasteiger partial charge in [-0.25, -0.2) is 13.8 Å². The molecule has 0 aliphatic heterocycles. The third-order valence-corrected chi connectivity index (χ3v) is 5.39. The number of aliphatic hydroxyl groups excluding tert-OH is 1. The standard InChI is InChI=1S/C23H19ClF2N4O3/c24-19-9-16(30-23(33)20(31)11-5-13(25)8-14(26)6-11)3-4-17(19)12-7-18(21(27)28-10-12)22(32)29-15-1-2-15/h3-10,15,20,31H,1-2H2,(H2,27,28)(H,29,32)(H,30,33). The van der Waals surface area contributed by atoms with E-state index in [-0.39, 0.29) is 39.6 Å². The molecule has 0 radical (unpaired) electrons. The van der Waals surface area contributed by atoms with Gasteiger partial charge in [0.1, 0.15) is 17.5 Å². The van der Waals surface area contributed by atoms with Crippen molar-refractivity contribution in [2.75, 3.05) is 11.1 Å². The van der Waals surface area contributed by atoms with E-state index in [1.165, 1.54) is 18.3 Å². The van der Waals surface area contributed by atoms with Crippen molar-refractivity contribution in [3.8, 4) is 11.1 Å². The molecule has 0 spiro atoms. The molecule has 3 aromatic rings. The van der Waals surface area contributed by atoms with Gasteiger partial charge in [-0.05, 0) is 48.7 Å². The van der Waals surface area contributed by atoms with Crippen molar-refractivity contribution in [3.63, 3.8) is 0 Å². The summed E-state index contributed by atoms with van der Waals surface area (Å²) in [4.78, 5) is 28.8. The fraction of sp³-hybridized carbons (Fsp3) is 0.174. The summed E-state index contributed by atoms with van der Waals surface area (Å²) in [5, 5.41) is 15.7. The van der Waals surface area contributed by atoms with Crippen molar-refractivity contribution in [1.29, 1.82) is 0 Å². The minimum atomic E-state index is -1.79. The summed E-state index contributed by atoms with van der Waals surface area (Å²) in [6.45, 7) is 0. The number of aromatic nitrogens is 1. The van der Waals surface area contributed by atoms with E-state index in [9.17, 15) is 23.5 Å². The summed E-state index contributed by atoms with van der Waals surface area (Å²) < 4.78 is 26.7. The lowest BCUT2D eigenvalue weighted by atomic mass is 10.0. The molecule has 1 atom stereocenters. The molecule has 4 rings (SSSR count). The normalized spacial score (nSPS) is 13.9. The molecule has 2 aromatic carbocycles. The molecule has 5 N–H and O–H groups in total. The van der Waals surface area contributed by atoms with Crippen molar-refractivity contribution in [1.82, 2.24) is 10.3 Å². The highest BCUT2D eigenvalue weighted by Gasteiger charge is 2.25. The number of hydrogen-bond acceptors (Lipinski definition) is 5. The first-order chi connectivity index (χ1) is 15.7. The highest BCUT2D eigenvalue weighted by Crippen LogP contribution is 2.32. The number of halogens is 3. The number of nitrogens with zero attached hydrogens (tertiary/aromatic N) is 1. The topological polar surface area (TPSA) is 117 Å². The molecule has 10 heteroatoms. The van der Waals surface area contributed by atoms with Gasteiger partial charge in [0.25, 0.3) is 11.8 Å². The van der Waals surface area contributed by atoms with Crippen LogP contribution in [-0.4, -0.2) is 27.9 Å². The largest absolute Gasteiger partial charge is 0.383 e. The van der Waals surface area contributed by atoms with E-state index in [0.29, 0.717) is 17.2 Å². The highest BCUT2D eigenvalue weighted by molar-refractivity contribution is 6.33. The van der Waals surface area contributed by atoms with Crippen LogP contribution in [0.25, 0.3) is 11.1 Å². The number of rotatable bonds is 6. The van der Waals surface area contributed by atoms with E-state index >= 15 is 0 Å². The van der Waals surface area contributed by atoms with Crippen LogP contribution in [0.3, 0.4) is 0 Å². The number of anilines is 2. The molecule has 1 aliphatic rings. The maximum atomic E-state index is 13.4. The molecule has 1 saturated carbocycles. The number of pyridine rings is 1. The summed E-state index contributed by atoms with van der Waals surface area (Å²) >= 11 is 6.38. The maximum Gasteiger partial charge on any atom is 0.257 e. The zero-order chi connectivity index (χ0) is 23.7. The Morgan fingerprint density at radius 1 is 1.12 bits per heavy atom. The first kappa shape index (κ1) is 22.6. The van der Waals surface area contributed by atoms with Crippen molar-refractivity contribution >= 4 is 34.9 Å². The van der Waals surface area contributed by atoms with E-state index < -0.39 is 23.6 Å². The van der Waals surface area contributed by atoms with Gasteiger partial charge in [0, 0.05) is 35.1 Å². The monoisotopic (exact) mass is 472 g/mol. The number of aliphatic hydroxyl groups is 1. The molecule has 0 bridgehead atoms. The Balaban J connectivity index is 1.52. The molecule has 1 aliphatic carbocycles. The fourth-order valence-corrected chi connectivity index (χ4v) is 3.51. The molecule has 7 nitrogen and oxygen atoms in total. The van der Waals surface area contributed by atoms with Crippen LogP contribution >= 0.6 is 11.6 Å². The summed E-state index contributed by atoms with van der Waals surface area (Å²) in [6, 6.07) is 8.68. The SMILES string of the molecule is Nc1ncc(-c2ccc(NC(=O)C(O)c3cc(F)cc(F)c3)cc2Cl)cc1C(=O)NC1CC1. The van der Waals surface area contributed by atoms with Gasteiger partial charge in [0.2, 0.25) is 0 Å². The lowest BCUT2D eigenvalue weighted by molar-refractivity contribution is -0.124. The second kappa shape index (κ2) is 9.13. The number of benzene rings is 2. The van der Waals surface area contributed by atoms with E-state index in [1.54, 1.807) is 12.1 Å². The average Bonchev–Trinajstić information content (AvgIpc) is 3.57. The Kier molecular flexibility index (Phi) is 6.26. The van der Waals surface area contributed by atoms with Crippen molar-refractivity contribution in [2.45, 2.75) is 25.0 Å². The second-order valence-electron chi connectivity index (χ2n) is 7.69. The van der Waals surface area contributed by atoms with Gasteiger partial charge in [-0.15, -0.1) is 0 Å². The zero-order valence-electron chi connectivity index (χ0n) is 17.1. The Morgan fingerprint density at radius 2 is 1.82 bits per heavy atom. The molecular formula is C23H19ClF2N4O3. The smallest absolute Gasteiger partial charge is 0.257 e. The van der Waals surface area contributed by atoms with Gasteiger partial charge < -0.3 is 21.5 Å². The van der Waals surface area contributed by atoms with Crippen LogP contribution in [0.5, 0.6) is 0 Å². The minimum absolute atomic E-state index is 0.0969. The Morgan fingerprint density at radius 3 is 2.45 bits per heavy atom. The maximum absolute atomic E-state index is 13.4. The third-order valence-electron chi connectivity index (χ3n) is 5.07. The van der Waals surface area contributed by atoms with Crippen LogP contribution in [0.1, 0.15) is 34.9 Å². The van der Waals surface area contributed by atoms with Crippen LogP contribution in [-0.2, 0) is 4.79 Å². The van der Waals surface area contributed by atoms with Crippen LogP contribution in [0, 0.1) is 11.6 Å². The lowest BCUT2D eigenvalue weighted by Gasteiger charge is -2.14. The molecule has 170 valence electrons. The quantitative estimate of drug-likeness (QED) is 0.435. The van der Waals surface area contributed by atoms with Crippen LogP contribution in [0.2, 0.25) is 5.02 Å². The van der Waals surface area contributed by atoms with Crippen LogP contribution in [0.15, 0.2) is 48.7 Å². The van der Waals surface area contributed by atoms with Gasteiger partial charge in [0.05, 0.1) is 10.6 Å². The van der Waals surface area contributed by atoms with E-state index in [0.717, 1.165) is 25.0 Å². The van der Waals surface area contributed by atoms with Gasteiger partial charge in [-0.3, -0.25) is 9.59 Å². The van der Waals surface area contributed by atoms with Crippen LogP contribution in [0.4, 0.5) is 20.3 Å². The first-order valence-corrected chi connectivity index (χ1v) is 10.4. The van der Waals surface area contributed by atoms with E-state index in [4.69, 9.17) is 17.3 Å². The summed E-state index contributed by atoms with van der Waals surface area (Å²) in [6.07, 6.45) is 1.55. The molecule has 1 heterocycles. The van der Waals surface area contributed by atoms with E-state index in [2.05, 4.69) is 15.6 Å². The third kappa shape index (κ3) is 5.27. The Labute approximate surface area is 192 Å². The highest BCUT2D eigenvalue weighted by atomic mass is 35.5. The lowest BCUT2D eigenvalue weighted by Crippen LogP contribution is -2.26. The fourth-order valence-electron chi connectivity index (χ4n) is 3.22. The number of carbonyl (C=O) groups is 2.